The standard InChI is InChI=1S/C15H25N3O2/c1-18-9-10-20-15(11-18)14(17-16)8-5-12-3-6-13(19-2)7-4-12/h3-4,6-7,14-15,17H,5,8-11,16H2,1-2H3. The smallest absolute Gasteiger partial charge is 0.118 e. The van der Waals surface area contributed by atoms with Crippen LogP contribution >= 0.6 is 0 Å². The topological polar surface area (TPSA) is 59.8 Å². The first-order chi connectivity index (χ1) is 9.72. The van der Waals surface area contributed by atoms with Crippen LogP contribution in [0.3, 0.4) is 0 Å². The Morgan fingerprint density at radius 2 is 2.20 bits per heavy atom. The highest BCUT2D eigenvalue weighted by atomic mass is 16.5. The normalized spacial score (nSPS) is 21.6. The summed E-state index contributed by atoms with van der Waals surface area (Å²) < 4.78 is 11.0. The van der Waals surface area contributed by atoms with E-state index >= 15 is 0 Å². The summed E-state index contributed by atoms with van der Waals surface area (Å²) in [5, 5.41) is 0. The van der Waals surface area contributed by atoms with Gasteiger partial charge >= 0.3 is 0 Å². The molecule has 1 aliphatic rings. The first kappa shape index (κ1) is 15.3. The zero-order chi connectivity index (χ0) is 14.4. The van der Waals surface area contributed by atoms with Crippen LogP contribution in [0.4, 0.5) is 0 Å². The Balaban J connectivity index is 1.86. The fraction of sp³-hybridized carbons (Fsp3) is 0.600. The van der Waals surface area contributed by atoms with Gasteiger partial charge in [0.15, 0.2) is 0 Å². The number of aryl methyl sites for hydroxylation is 1. The van der Waals surface area contributed by atoms with Crippen LogP contribution in [0.2, 0.25) is 0 Å². The number of likely N-dealkylation sites (N-methyl/N-ethyl adjacent to an activating group) is 1. The molecule has 1 saturated heterocycles. The van der Waals surface area contributed by atoms with E-state index in [9.17, 15) is 0 Å². The second kappa shape index (κ2) is 7.59. The maximum Gasteiger partial charge on any atom is 0.118 e. The highest BCUT2D eigenvalue weighted by Crippen LogP contribution is 2.16. The molecule has 1 heterocycles. The lowest BCUT2D eigenvalue weighted by atomic mass is 10.0. The molecule has 3 N–H and O–H groups in total. The molecule has 0 amide bonds. The van der Waals surface area contributed by atoms with Gasteiger partial charge in [0.25, 0.3) is 0 Å². The average molecular weight is 279 g/mol. The second-order valence-electron chi connectivity index (χ2n) is 5.33. The average Bonchev–Trinajstić information content (AvgIpc) is 2.48. The number of benzene rings is 1. The van der Waals surface area contributed by atoms with Crippen LogP contribution in [0, 0.1) is 0 Å². The monoisotopic (exact) mass is 279 g/mol. The molecule has 0 bridgehead atoms. The predicted molar refractivity (Wildman–Crippen MR) is 79.7 cm³/mol. The zero-order valence-electron chi connectivity index (χ0n) is 12.3. The third kappa shape index (κ3) is 4.18. The molecule has 0 aromatic heterocycles. The van der Waals surface area contributed by atoms with Gasteiger partial charge in [-0.15, -0.1) is 0 Å². The van der Waals surface area contributed by atoms with E-state index in [1.54, 1.807) is 7.11 Å². The zero-order valence-corrected chi connectivity index (χ0v) is 12.3. The maximum absolute atomic E-state index is 5.82. The van der Waals surface area contributed by atoms with Gasteiger partial charge in [-0.1, -0.05) is 12.1 Å². The van der Waals surface area contributed by atoms with Crippen LogP contribution < -0.4 is 16.0 Å². The number of rotatable bonds is 6. The molecule has 1 aromatic carbocycles. The summed E-state index contributed by atoms with van der Waals surface area (Å²) in [7, 11) is 3.80. The number of ether oxygens (including phenoxy) is 2. The predicted octanol–water partition coefficient (Wildman–Crippen LogP) is 0.790. The number of hydrogen-bond acceptors (Lipinski definition) is 5. The lowest BCUT2D eigenvalue weighted by Crippen LogP contribution is -2.53. The molecule has 1 aliphatic heterocycles. The molecule has 5 nitrogen and oxygen atoms in total. The summed E-state index contributed by atoms with van der Waals surface area (Å²) in [6.45, 7) is 2.70. The van der Waals surface area contributed by atoms with E-state index in [0.29, 0.717) is 0 Å². The molecule has 0 radical (unpaired) electrons. The molecule has 0 spiro atoms. The SMILES string of the molecule is COc1ccc(CCC(NN)C2CN(C)CCO2)cc1. The van der Waals surface area contributed by atoms with Crippen LogP contribution in [-0.2, 0) is 11.2 Å². The lowest BCUT2D eigenvalue weighted by molar-refractivity contribution is -0.0398. The Morgan fingerprint density at radius 1 is 1.45 bits per heavy atom. The van der Waals surface area contributed by atoms with E-state index in [2.05, 4.69) is 29.5 Å². The number of morpholine rings is 1. The van der Waals surface area contributed by atoms with Gasteiger partial charge in [0.1, 0.15) is 5.75 Å². The molecule has 1 aromatic rings. The second-order valence-corrected chi connectivity index (χ2v) is 5.33. The molecule has 5 heteroatoms. The summed E-state index contributed by atoms with van der Waals surface area (Å²) in [6, 6.07) is 8.36. The van der Waals surface area contributed by atoms with E-state index in [4.69, 9.17) is 15.3 Å². The van der Waals surface area contributed by atoms with Gasteiger partial charge in [-0.2, -0.15) is 0 Å². The minimum Gasteiger partial charge on any atom is -0.497 e. The third-order valence-electron chi connectivity index (χ3n) is 3.86. The molecule has 0 saturated carbocycles. The van der Waals surface area contributed by atoms with Crippen LogP contribution in [-0.4, -0.2) is 50.9 Å². The van der Waals surface area contributed by atoms with Gasteiger partial charge in [0, 0.05) is 19.1 Å². The first-order valence-corrected chi connectivity index (χ1v) is 7.12. The summed E-state index contributed by atoms with van der Waals surface area (Å²) in [5.41, 5.74) is 4.20. The molecular formula is C15H25N3O2. The van der Waals surface area contributed by atoms with Gasteiger partial charge in [-0.25, -0.2) is 0 Å². The van der Waals surface area contributed by atoms with Crippen LogP contribution in [0.1, 0.15) is 12.0 Å². The molecule has 0 aliphatic carbocycles. The summed E-state index contributed by atoms with van der Waals surface area (Å²) in [5.74, 6) is 6.58. The number of nitrogens with zero attached hydrogens (tertiary/aromatic N) is 1. The van der Waals surface area contributed by atoms with Gasteiger partial charge in [0.2, 0.25) is 0 Å². The number of hydrazine groups is 1. The van der Waals surface area contributed by atoms with Gasteiger partial charge < -0.3 is 14.4 Å². The highest BCUT2D eigenvalue weighted by molar-refractivity contribution is 5.27. The minimum absolute atomic E-state index is 0.164. The van der Waals surface area contributed by atoms with Gasteiger partial charge in [0.05, 0.1) is 19.8 Å². The van der Waals surface area contributed by atoms with Crippen molar-refractivity contribution in [3.05, 3.63) is 29.8 Å². The van der Waals surface area contributed by atoms with Crippen molar-refractivity contribution >= 4 is 0 Å². The Hall–Kier alpha value is -1.14. The summed E-state index contributed by atoms with van der Waals surface area (Å²) in [4.78, 5) is 2.28. The quantitative estimate of drug-likeness (QED) is 0.595. The third-order valence-corrected chi connectivity index (χ3v) is 3.86. The Labute approximate surface area is 121 Å². The van der Waals surface area contributed by atoms with Crippen molar-refractivity contribution < 1.29 is 9.47 Å². The van der Waals surface area contributed by atoms with Crippen LogP contribution in [0.25, 0.3) is 0 Å². The van der Waals surface area contributed by atoms with Crippen molar-refractivity contribution in [3.63, 3.8) is 0 Å². The van der Waals surface area contributed by atoms with Crippen molar-refractivity contribution in [2.45, 2.75) is 25.0 Å². The van der Waals surface area contributed by atoms with Crippen molar-refractivity contribution in [2.75, 3.05) is 33.9 Å². The van der Waals surface area contributed by atoms with Gasteiger partial charge in [-0.3, -0.25) is 11.3 Å². The van der Waals surface area contributed by atoms with E-state index < -0.39 is 0 Å². The maximum atomic E-state index is 5.82. The number of hydrogen-bond donors (Lipinski definition) is 2. The largest absolute Gasteiger partial charge is 0.497 e. The van der Waals surface area contributed by atoms with E-state index in [-0.39, 0.29) is 12.1 Å². The van der Waals surface area contributed by atoms with E-state index in [0.717, 1.165) is 38.3 Å². The van der Waals surface area contributed by atoms with Crippen molar-refractivity contribution in [3.8, 4) is 5.75 Å². The molecule has 112 valence electrons. The lowest BCUT2D eigenvalue weighted by Gasteiger charge is -2.34. The fourth-order valence-corrected chi connectivity index (χ4v) is 2.55. The van der Waals surface area contributed by atoms with Gasteiger partial charge in [-0.05, 0) is 37.6 Å². The molecule has 2 unspecified atom stereocenters. The summed E-state index contributed by atoms with van der Waals surface area (Å²) in [6.07, 6.45) is 2.10. The fourth-order valence-electron chi connectivity index (χ4n) is 2.55. The molecule has 20 heavy (non-hydrogen) atoms. The molecule has 2 rings (SSSR count). The molecule has 1 fully saturated rings. The summed E-state index contributed by atoms with van der Waals surface area (Å²) >= 11 is 0. The van der Waals surface area contributed by atoms with Crippen molar-refractivity contribution in [2.24, 2.45) is 5.84 Å². The van der Waals surface area contributed by atoms with Crippen molar-refractivity contribution in [1.82, 2.24) is 10.3 Å². The Bertz CT molecular complexity index is 397. The molecule has 2 atom stereocenters. The van der Waals surface area contributed by atoms with Crippen LogP contribution in [0.15, 0.2) is 24.3 Å². The minimum atomic E-state index is 0.164. The van der Waals surface area contributed by atoms with E-state index in [1.807, 2.05) is 12.1 Å². The Kier molecular flexibility index (Phi) is 5.79. The number of nitrogens with one attached hydrogen (secondary N) is 1. The van der Waals surface area contributed by atoms with Crippen molar-refractivity contribution in [1.29, 1.82) is 0 Å². The number of nitrogens with two attached hydrogens (primary N) is 1. The Morgan fingerprint density at radius 3 is 2.80 bits per heavy atom. The first-order valence-electron chi connectivity index (χ1n) is 7.12. The molecular weight excluding hydrogens is 254 g/mol. The number of methoxy groups -OCH3 is 1. The van der Waals surface area contributed by atoms with E-state index in [1.165, 1.54) is 5.56 Å². The highest BCUT2D eigenvalue weighted by Gasteiger charge is 2.25. The van der Waals surface area contributed by atoms with Crippen LogP contribution in [0.5, 0.6) is 5.75 Å².